The van der Waals surface area contributed by atoms with Gasteiger partial charge in [-0.1, -0.05) is 44.0 Å². The highest BCUT2D eigenvalue weighted by molar-refractivity contribution is 5.91. The summed E-state index contributed by atoms with van der Waals surface area (Å²) in [5, 5.41) is 12.9. The average Bonchev–Trinajstić information content (AvgIpc) is 2.91. The standard InChI is InChI=1S/C17H23NO2/c1-2-14-5-7-15(8-6-14)9-10-16(19)18-13-17(20)11-3-4-12-17/h5-10,20H,2-4,11-13H2,1H3,(H,18,19). The van der Waals surface area contributed by atoms with E-state index in [1.54, 1.807) is 6.08 Å². The molecule has 0 saturated heterocycles. The van der Waals surface area contributed by atoms with Crippen molar-refractivity contribution < 1.29 is 9.90 Å². The van der Waals surface area contributed by atoms with Crippen LogP contribution in [0.4, 0.5) is 0 Å². The first-order valence-electron chi connectivity index (χ1n) is 7.38. The van der Waals surface area contributed by atoms with E-state index in [1.807, 2.05) is 12.1 Å². The molecule has 1 aliphatic carbocycles. The largest absolute Gasteiger partial charge is 0.388 e. The molecule has 0 aromatic heterocycles. The predicted molar refractivity (Wildman–Crippen MR) is 81.3 cm³/mol. The van der Waals surface area contributed by atoms with Crippen molar-refractivity contribution in [3.05, 3.63) is 41.5 Å². The van der Waals surface area contributed by atoms with Gasteiger partial charge in [0.1, 0.15) is 0 Å². The van der Waals surface area contributed by atoms with E-state index in [4.69, 9.17) is 0 Å². The van der Waals surface area contributed by atoms with Crippen LogP contribution in [0.25, 0.3) is 6.08 Å². The predicted octanol–water partition coefficient (Wildman–Crippen LogP) is 2.68. The molecular weight excluding hydrogens is 250 g/mol. The molecule has 0 unspecified atom stereocenters. The van der Waals surface area contributed by atoms with Crippen LogP contribution in [0.15, 0.2) is 30.3 Å². The summed E-state index contributed by atoms with van der Waals surface area (Å²) in [7, 11) is 0. The highest BCUT2D eigenvalue weighted by atomic mass is 16.3. The molecular formula is C17H23NO2. The molecule has 20 heavy (non-hydrogen) atoms. The number of aryl methyl sites for hydroxylation is 1. The summed E-state index contributed by atoms with van der Waals surface area (Å²) in [5.41, 5.74) is 1.61. The van der Waals surface area contributed by atoms with Crippen LogP contribution in [0.2, 0.25) is 0 Å². The Morgan fingerprint density at radius 1 is 1.30 bits per heavy atom. The number of carbonyl (C=O) groups is 1. The molecule has 2 rings (SSSR count). The number of nitrogens with one attached hydrogen (secondary N) is 1. The molecule has 2 N–H and O–H groups in total. The molecule has 1 fully saturated rings. The molecule has 0 aliphatic heterocycles. The molecule has 1 aromatic carbocycles. The minimum absolute atomic E-state index is 0.148. The number of benzene rings is 1. The minimum Gasteiger partial charge on any atom is -0.388 e. The van der Waals surface area contributed by atoms with Gasteiger partial charge in [0.2, 0.25) is 5.91 Å². The molecule has 0 heterocycles. The third kappa shape index (κ3) is 4.20. The van der Waals surface area contributed by atoms with Crippen LogP contribution >= 0.6 is 0 Å². The van der Waals surface area contributed by atoms with Gasteiger partial charge in [-0.2, -0.15) is 0 Å². The van der Waals surface area contributed by atoms with Gasteiger partial charge >= 0.3 is 0 Å². The van der Waals surface area contributed by atoms with Gasteiger partial charge in [-0.25, -0.2) is 0 Å². The Morgan fingerprint density at radius 3 is 2.55 bits per heavy atom. The lowest BCUT2D eigenvalue weighted by Crippen LogP contribution is -2.40. The van der Waals surface area contributed by atoms with Crippen LogP contribution in [0.5, 0.6) is 0 Å². The van der Waals surface area contributed by atoms with Gasteiger partial charge in [0.15, 0.2) is 0 Å². The van der Waals surface area contributed by atoms with Gasteiger partial charge in [-0.3, -0.25) is 4.79 Å². The second-order valence-corrected chi connectivity index (χ2v) is 5.58. The van der Waals surface area contributed by atoms with Crippen LogP contribution < -0.4 is 5.32 Å². The van der Waals surface area contributed by atoms with Gasteiger partial charge in [-0.15, -0.1) is 0 Å². The quantitative estimate of drug-likeness (QED) is 0.810. The Morgan fingerprint density at radius 2 is 1.95 bits per heavy atom. The number of amides is 1. The van der Waals surface area contributed by atoms with E-state index in [0.29, 0.717) is 6.54 Å². The molecule has 0 bridgehead atoms. The van der Waals surface area contributed by atoms with E-state index in [-0.39, 0.29) is 5.91 Å². The maximum Gasteiger partial charge on any atom is 0.244 e. The van der Waals surface area contributed by atoms with Crippen molar-refractivity contribution in [2.45, 2.75) is 44.6 Å². The van der Waals surface area contributed by atoms with Crippen LogP contribution in [0.3, 0.4) is 0 Å². The Balaban J connectivity index is 1.82. The van der Waals surface area contributed by atoms with Crippen LogP contribution in [0.1, 0.15) is 43.7 Å². The third-order valence-electron chi connectivity index (χ3n) is 3.94. The summed E-state index contributed by atoms with van der Waals surface area (Å²) in [4.78, 5) is 11.7. The fraction of sp³-hybridized carbons (Fsp3) is 0.471. The molecule has 0 spiro atoms. The van der Waals surface area contributed by atoms with E-state index >= 15 is 0 Å². The van der Waals surface area contributed by atoms with E-state index in [0.717, 1.165) is 37.7 Å². The topological polar surface area (TPSA) is 49.3 Å². The third-order valence-corrected chi connectivity index (χ3v) is 3.94. The van der Waals surface area contributed by atoms with Crippen molar-refractivity contribution in [3.8, 4) is 0 Å². The fourth-order valence-electron chi connectivity index (χ4n) is 2.56. The smallest absolute Gasteiger partial charge is 0.244 e. The van der Waals surface area contributed by atoms with E-state index in [1.165, 1.54) is 11.6 Å². The van der Waals surface area contributed by atoms with Crippen molar-refractivity contribution in [1.29, 1.82) is 0 Å². The van der Waals surface area contributed by atoms with E-state index < -0.39 is 5.60 Å². The summed E-state index contributed by atoms with van der Waals surface area (Å²) in [6.45, 7) is 2.47. The van der Waals surface area contributed by atoms with E-state index in [9.17, 15) is 9.90 Å². The lowest BCUT2D eigenvalue weighted by Gasteiger charge is -2.21. The van der Waals surface area contributed by atoms with Crippen LogP contribution in [0, 0.1) is 0 Å². The maximum absolute atomic E-state index is 11.7. The van der Waals surface area contributed by atoms with Gasteiger partial charge < -0.3 is 10.4 Å². The lowest BCUT2D eigenvalue weighted by atomic mass is 10.0. The second-order valence-electron chi connectivity index (χ2n) is 5.58. The van der Waals surface area contributed by atoms with Crippen molar-refractivity contribution in [3.63, 3.8) is 0 Å². The number of hydrogen-bond acceptors (Lipinski definition) is 2. The second kappa shape index (κ2) is 6.71. The summed E-state index contributed by atoms with van der Waals surface area (Å²) >= 11 is 0. The number of aliphatic hydroxyl groups is 1. The molecule has 1 saturated carbocycles. The first-order chi connectivity index (χ1) is 9.61. The van der Waals surface area contributed by atoms with Gasteiger partial charge in [-0.05, 0) is 36.5 Å². The molecule has 3 heteroatoms. The van der Waals surface area contributed by atoms with Crippen molar-refractivity contribution >= 4 is 12.0 Å². The maximum atomic E-state index is 11.7. The zero-order valence-electron chi connectivity index (χ0n) is 12.1. The SMILES string of the molecule is CCc1ccc(C=CC(=O)NCC2(O)CCCC2)cc1. The molecule has 1 aromatic rings. The van der Waals surface area contributed by atoms with Gasteiger partial charge in [0.25, 0.3) is 0 Å². The summed E-state index contributed by atoms with van der Waals surface area (Å²) < 4.78 is 0. The molecule has 0 atom stereocenters. The lowest BCUT2D eigenvalue weighted by molar-refractivity contribution is -0.117. The first-order valence-corrected chi connectivity index (χ1v) is 7.38. The summed E-state index contributed by atoms with van der Waals surface area (Å²) in [6.07, 6.45) is 8.01. The normalized spacial score (nSPS) is 17.5. The van der Waals surface area contributed by atoms with Crippen molar-refractivity contribution in [2.75, 3.05) is 6.54 Å². The zero-order valence-corrected chi connectivity index (χ0v) is 12.1. The Kier molecular flexibility index (Phi) is 4.96. The first kappa shape index (κ1) is 14.8. The van der Waals surface area contributed by atoms with Gasteiger partial charge in [0, 0.05) is 12.6 Å². The molecule has 1 amide bonds. The highest BCUT2D eigenvalue weighted by Gasteiger charge is 2.30. The van der Waals surface area contributed by atoms with Crippen molar-refractivity contribution in [1.82, 2.24) is 5.32 Å². The molecule has 108 valence electrons. The molecule has 0 radical (unpaired) electrons. The summed E-state index contributed by atoms with van der Waals surface area (Å²) in [5.74, 6) is -0.148. The Labute approximate surface area is 120 Å². The Hall–Kier alpha value is -1.61. The fourth-order valence-corrected chi connectivity index (χ4v) is 2.56. The Bertz CT molecular complexity index is 470. The summed E-state index contributed by atoms with van der Waals surface area (Å²) in [6, 6.07) is 8.15. The average molecular weight is 273 g/mol. The number of hydrogen-bond donors (Lipinski definition) is 2. The number of carbonyl (C=O) groups excluding carboxylic acids is 1. The highest BCUT2D eigenvalue weighted by Crippen LogP contribution is 2.28. The molecule has 3 nitrogen and oxygen atoms in total. The van der Waals surface area contributed by atoms with E-state index in [2.05, 4.69) is 24.4 Å². The van der Waals surface area contributed by atoms with Crippen LogP contribution in [-0.2, 0) is 11.2 Å². The molecule has 1 aliphatic rings. The van der Waals surface area contributed by atoms with Gasteiger partial charge in [0.05, 0.1) is 5.60 Å². The zero-order chi connectivity index (χ0) is 14.4. The van der Waals surface area contributed by atoms with Crippen LogP contribution in [-0.4, -0.2) is 23.2 Å². The number of rotatable bonds is 5. The minimum atomic E-state index is -0.688. The van der Waals surface area contributed by atoms with Crippen molar-refractivity contribution in [2.24, 2.45) is 0 Å². The monoisotopic (exact) mass is 273 g/mol.